The monoisotopic (exact) mass is 126 g/mol. The summed E-state index contributed by atoms with van der Waals surface area (Å²) >= 11 is 0. The number of fused-ring (bicyclic) bond motifs is 2. The summed E-state index contributed by atoms with van der Waals surface area (Å²) < 4.78 is 8.04. The van der Waals surface area contributed by atoms with Crippen LogP contribution in [0.25, 0.3) is 0 Å². The molecular weight excluding hydrogens is 110 g/mol. The number of nitrogens with zero attached hydrogens (tertiary/aromatic N) is 1. The maximum absolute atomic E-state index is 8.04. The van der Waals surface area contributed by atoms with E-state index < -0.39 is 0 Å². The van der Waals surface area contributed by atoms with Crippen LogP contribution in [0, 0.1) is 0 Å². The summed E-state index contributed by atoms with van der Waals surface area (Å²) in [7, 11) is 2.11. The van der Waals surface area contributed by atoms with Crippen molar-refractivity contribution in [2.45, 2.75) is 44.2 Å². The molecule has 0 aromatic carbocycles. The fourth-order valence-corrected chi connectivity index (χ4v) is 2.14. The van der Waals surface area contributed by atoms with E-state index in [0.29, 0.717) is 0 Å². The van der Waals surface area contributed by atoms with Crippen molar-refractivity contribution in [2.75, 3.05) is 7.05 Å². The summed E-state index contributed by atoms with van der Waals surface area (Å²) in [6.45, 7) is 0. The van der Waals surface area contributed by atoms with Gasteiger partial charge in [0.05, 0.1) is 0 Å². The molecule has 0 aromatic rings. The third-order valence-electron chi connectivity index (χ3n) is 2.82. The normalized spacial score (nSPS) is 53.4. The summed E-state index contributed by atoms with van der Waals surface area (Å²) in [6.07, 6.45) is 6.07. The van der Waals surface area contributed by atoms with E-state index in [1.807, 2.05) is 0 Å². The second-order valence-corrected chi connectivity index (χ2v) is 3.26. The highest BCUT2D eigenvalue weighted by Gasteiger charge is 2.33. The molecule has 2 rings (SSSR count). The molecule has 2 heterocycles. The lowest BCUT2D eigenvalue weighted by Crippen LogP contribution is -2.35. The number of piperidine rings is 1. The van der Waals surface area contributed by atoms with Crippen LogP contribution in [0.15, 0.2) is 0 Å². The highest BCUT2D eigenvalue weighted by molar-refractivity contribution is 4.89. The van der Waals surface area contributed by atoms with Gasteiger partial charge in [0, 0.05) is 13.4 Å². The molecule has 0 saturated carbocycles. The molecule has 9 heavy (non-hydrogen) atoms. The first-order valence-electron chi connectivity index (χ1n) is 4.45. The van der Waals surface area contributed by atoms with Crippen molar-refractivity contribution in [1.82, 2.24) is 4.90 Å². The second-order valence-electron chi connectivity index (χ2n) is 3.26. The summed E-state index contributed by atoms with van der Waals surface area (Å²) in [5, 5.41) is 0. The number of hydrogen-bond acceptors (Lipinski definition) is 1. The predicted octanol–water partition coefficient (Wildman–Crippen LogP) is 1.63. The van der Waals surface area contributed by atoms with Crippen molar-refractivity contribution in [3.8, 4) is 0 Å². The highest BCUT2D eigenvalue weighted by atomic mass is 15.2. The van der Waals surface area contributed by atoms with E-state index in [9.17, 15) is 0 Å². The molecule has 0 aliphatic carbocycles. The zero-order valence-corrected chi connectivity index (χ0v) is 6.06. The van der Waals surface area contributed by atoms with Gasteiger partial charge in [0.2, 0.25) is 0 Å². The molecule has 52 valence electrons. The maximum atomic E-state index is 8.04. The molecule has 0 unspecified atom stereocenters. The lowest BCUT2D eigenvalue weighted by molar-refractivity contribution is 0.179. The summed E-state index contributed by atoms with van der Waals surface area (Å²) in [5.41, 5.74) is 0. The highest BCUT2D eigenvalue weighted by Crippen LogP contribution is 2.33. The topological polar surface area (TPSA) is 3.24 Å². The molecule has 1 nitrogen and oxygen atoms in total. The van der Waals surface area contributed by atoms with Gasteiger partial charge in [-0.15, -0.1) is 0 Å². The third kappa shape index (κ3) is 0.787. The molecule has 0 amide bonds. The van der Waals surface area contributed by atoms with Crippen LogP contribution < -0.4 is 0 Å². The molecule has 2 atom stereocenters. The fourth-order valence-electron chi connectivity index (χ4n) is 2.14. The van der Waals surface area contributed by atoms with E-state index >= 15 is 0 Å². The third-order valence-corrected chi connectivity index (χ3v) is 2.82. The zero-order valence-electron chi connectivity index (χ0n) is 7.06. The number of hydrogen-bond donors (Lipinski definition) is 0. The quantitative estimate of drug-likeness (QED) is 0.477. The molecule has 2 saturated heterocycles. The van der Waals surface area contributed by atoms with Crippen LogP contribution in [0.3, 0.4) is 0 Å². The minimum atomic E-state index is -0.164. The van der Waals surface area contributed by atoms with Crippen molar-refractivity contribution in [1.29, 1.82) is 0 Å². The van der Waals surface area contributed by atoms with Crippen LogP contribution in [-0.4, -0.2) is 24.0 Å². The van der Waals surface area contributed by atoms with E-state index in [2.05, 4.69) is 11.9 Å². The molecule has 2 aliphatic rings. The van der Waals surface area contributed by atoms with E-state index in [0.717, 1.165) is 18.9 Å². The zero-order chi connectivity index (χ0) is 7.19. The van der Waals surface area contributed by atoms with Crippen molar-refractivity contribution in [3.05, 3.63) is 0 Å². The summed E-state index contributed by atoms with van der Waals surface area (Å²) in [6, 6.07) is 0.578. The SMILES string of the molecule is [2H][C@]12CCC[C@H](CC1)N2C. The number of rotatable bonds is 0. The van der Waals surface area contributed by atoms with Crippen molar-refractivity contribution < 1.29 is 1.37 Å². The summed E-state index contributed by atoms with van der Waals surface area (Å²) in [4.78, 5) is 2.27. The lowest BCUT2D eigenvalue weighted by atomic mass is 10.0. The standard InChI is InChI=1S/C8H15N/c1-9-7-3-2-4-8(9)6-5-7/h7-8H,2-6H2,1H3/t7-,8+/i7D/m0/s1. The Hall–Kier alpha value is -0.0400. The Kier molecular flexibility index (Phi) is 1.04. The summed E-state index contributed by atoms with van der Waals surface area (Å²) in [5.74, 6) is 0. The van der Waals surface area contributed by atoms with E-state index in [-0.39, 0.29) is 6.02 Å². The van der Waals surface area contributed by atoms with Gasteiger partial charge < -0.3 is 4.90 Å². The Morgan fingerprint density at radius 3 is 2.89 bits per heavy atom. The van der Waals surface area contributed by atoms with E-state index in [1.165, 1.54) is 19.3 Å². The molecular formula is C8H15N. The van der Waals surface area contributed by atoms with Crippen molar-refractivity contribution in [2.24, 2.45) is 0 Å². The van der Waals surface area contributed by atoms with Crippen LogP contribution in [0.5, 0.6) is 0 Å². The lowest BCUT2D eigenvalue weighted by Gasteiger charge is -2.30. The van der Waals surface area contributed by atoms with Crippen molar-refractivity contribution in [3.63, 3.8) is 0 Å². The van der Waals surface area contributed by atoms with Gasteiger partial charge >= 0.3 is 0 Å². The van der Waals surface area contributed by atoms with Crippen molar-refractivity contribution >= 4 is 0 Å². The average molecular weight is 126 g/mol. The fraction of sp³-hybridized carbons (Fsp3) is 1.00. The minimum Gasteiger partial charge on any atom is -0.300 e. The average Bonchev–Trinajstić information content (AvgIpc) is 2.18. The smallest absolute Gasteiger partial charge is 0.0467 e. The molecule has 2 fully saturated rings. The molecule has 0 radical (unpaired) electrons. The largest absolute Gasteiger partial charge is 0.300 e. The minimum absolute atomic E-state index is 0.164. The second kappa shape index (κ2) is 1.98. The van der Waals surface area contributed by atoms with Crippen LogP contribution in [0.1, 0.15) is 33.5 Å². The first-order valence-corrected chi connectivity index (χ1v) is 3.95. The van der Waals surface area contributed by atoms with Crippen LogP contribution >= 0.6 is 0 Å². The van der Waals surface area contributed by atoms with Gasteiger partial charge in [0.25, 0.3) is 0 Å². The predicted molar refractivity (Wildman–Crippen MR) is 38.4 cm³/mol. The first kappa shape index (κ1) is 4.73. The van der Waals surface area contributed by atoms with E-state index in [1.54, 1.807) is 0 Å². The molecule has 1 heteroatoms. The Morgan fingerprint density at radius 1 is 1.33 bits per heavy atom. The van der Waals surface area contributed by atoms with Gasteiger partial charge in [-0.1, -0.05) is 6.42 Å². The first-order chi connectivity index (χ1) is 4.72. The molecule has 2 bridgehead atoms. The molecule has 0 N–H and O–H groups in total. The molecule has 0 aromatic heterocycles. The Morgan fingerprint density at radius 2 is 2.22 bits per heavy atom. The Balaban J connectivity index is 2.21. The Labute approximate surface area is 58.4 Å². The van der Waals surface area contributed by atoms with Gasteiger partial charge in [-0.05, 0) is 32.7 Å². The van der Waals surface area contributed by atoms with Gasteiger partial charge in [0.1, 0.15) is 0 Å². The maximum Gasteiger partial charge on any atom is 0.0467 e. The van der Waals surface area contributed by atoms with Crippen LogP contribution in [0.2, 0.25) is 0 Å². The molecule has 0 spiro atoms. The van der Waals surface area contributed by atoms with Gasteiger partial charge in [-0.25, -0.2) is 0 Å². The van der Waals surface area contributed by atoms with Crippen LogP contribution in [0.4, 0.5) is 0 Å². The van der Waals surface area contributed by atoms with E-state index in [4.69, 9.17) is 1.37 Å². The van der Waals surface area contributed by atoms with Crippen LogP contribution in [-0.2, 0) is 0 Å². The van der Waals surface area contributed by atoms with Gasteiger partial charge in [-0.2, -0.15) is 0 Å². The van der Waals surface area contributed by atoms with Gasteiger partial charge in [-0.3, -0.25) is 0 Å². The van der Waals surface area contributed by atoms with Gasteiger partial charge in [0.15, 0.2) is 0 Å². The molecule has 2 aliphatic heterocycles. The Bertz CT molecular complexity index is 144.